The van der Waals surface area contributed by atoms with Crippen LogP contribution in [0.2, 0.25) is 0 Å². The highest BCUT2D eigenvalue weighted by Crippen LogP contribution is 2.36. The largest absolute Gasteiger partial charge is 0.480 e. The Labute approximate surface area is 57.1 Å². The van der Waals surface area contributed by atoms with Gasteiger partial charge in [0.05, 0.1) is 0 Å². The molecule has 0 aromatic carbocycles. The number of nitrogens with zero attached hydrogens (tertiary/aromatic N) is 2. The molecule has 0 aliphatic carbocycles. The zero-order valence-electron chi connectivity index (χ0n) is 5.24. The molecule has 0 bridgehead atoms. The van der Waals surface area contributed by atoms with Gasteiger partial charge in [0.1, 0.15) is 6.04 Å². The molecule has 2 rings (SSSR count). The molecule has 1 fully saturated rings. The van der Waals surface area contributed by atoms with Crippen molar-refractivity contribution in [1.82, 2.24) is 5.32 Å². The van der Waals surface area contributed by atoms with E-state index in [2.05, 4.69) is 15.5 Å². The predicted octanol–water partition coefficient (Wildman–Crippen LogP) is -0.405. The fraction of sp³-hybridized carbons (Fsp3) is 0.800. The highest BCUT2D eigenvalue weighted by atomic mass is 16.4. The maximum atomic E-state index is 10.4. The molecule has 54 valence electrons. The molecule has 0 aromatic rings. The smallest absolute Gasteiger partial charge is 0.320 e. The van der Waals surface area contributed by atoms with E-state index in [0.29, 0.717) is 13.0 Å². The first-order valence-corrected chi connectivity index (χ1v) is 3.12. The first-order valence-electron chi connectivity index (χ1n) is 3.12. The fourth-order valence-corrected chi connectivity index (χ4v) is 1.16. The molecule has 0 aromatic heterocycles. The summed E-state index contributed by atoms with van der Waals surface area (Å²) in [5, 5.41) is 18.9. The third-order valence-corrected chi connectivity index (χ3v) is 1.84. The molecule has 2 N–H and O–H groups in total. The van der Waals surface area contributed by atoms with Crippen LogP contribution in [0.15, 0.2) is 10.2 Å². The Kier molecular flexibility index (Phi) is 0.894. The van der Waals surface area contributed by atoms with E-state index in [1.54, 1.807) is 0 Å². The van der Waals surface area contributed by atoms with Gasteiger partial charge in [-0.3, -0.25) is 10.1 Å². The van der Waals surface area contributed by atoms with Gasteiger partial charge in [0, 0.05) is 13.0 Å². The first-order chi connectivity index (χ1) is 4.72. The van der Waals surface area contributed by atoms with Gasteiger partial charge in [0.2, 0.25) is 5.66 Å². The highest BCUT2D eigenvalue weighted by molar-refractivity contribution is 5.74. The third-order valence-electron chi connectivity index (χ3n) is 1.84. The molecule has 1 saturated heterocycles. The Morgan fingerprint density at radius 1 is 1.70 bits per heavy atom. The molecule has 2 aliphatic rings. The molecule has 10 heavy (non-hydrogen) atoms. The average molecular weight is 141 g/mol. The number of rotatable bonds is 1. The molecule has 1 spiro atoms. The molecular weight excluding hydrogens is 134 g/mol. The maximum Gasteiger partial charge on any atom is 0.320 e. The zero-order valence-corrected chi connectivity index (χ0v) is 5.24. The Bertz CT molecular complexity index is 207. The van der Waals surface area contributed by atoms with Gasteiger partial charge < -0.3 is 5.11 Å². The van der Waals surface area contributed by atoms with Crippen LogP contribution < -0.4 is 5.32 Å². The minimum atomic E-state index is -0.811. The van der Waals surface area contributed by atoms with Crippen molar-refractivity contribution in [1.29, 1.82) is 0 Å². The molecule has 1 unspecified atom stereocenters. The summed E-state index contributed by atoms with van der Waals surface area (Å²) in [6, 6.07) is -0.449. The van der Waals surface area contributed by atoms with Gasteiger partial charge in [-0.05, 0) is 0 Å². The number of hydrogen-bond acceptors (Lipinski definition) is 4. The van der Waals surface area contributed by atoms with Crippen LogP contribution in [-0.4, -0.2) is 29.3 Å². The number of carboxylic acid groups (broad SMARTS) is 1. The van der Waals surface area contributed by atoms with Crippen molar-refractivity contribution >= 4 is 5.97 Å². The third kappa shape index (κ3) is 0.706. The first kappa shape index (κ1) is 5.79. The molecule has 0 radical (unpaired) electrons. The second kappa shape index (κ2) is 1.54. The van der Waals surface area contributed by atoms with Crippen molar-refractivity contribution in [2.45, 2.75) is 18.1 Å². The van der Waals surface area contributed by atoms with Gasteiger partial charge in [-0.1, -0.05) is 0 Å². The lowest BCUT2D eigenvalue weighted by atomic mass is 10.1. The number of carboxylic acids is 1. The monoisotopic (exact) mass is 141 g/mol. The Morgan fingerprint density at radius 3 is 2.70 bits per heavy atom. The second-order valence-corrected chi connectivity index (χ2v) is 2.66. The van der Waals surface area contributed by atoms with E-state index >= 15 is 0 Å². The number of hydrogen-bond donors (Lipinski definition) is 2. The van der Waals surface area contributed by atoms with Crippen LogP contribution in [0, 0.1) is 0 Å². The van der Waals surface area contributed by atoms with Crippen molar-refractivity contribution < 1.29 is 9.90 Å². The van der Waals surface area contributed by atoms with Gasteiger partial charge >= 0.3 is 5.97 Å². The summed E-state index contributed by atoms with van der Waals surface area (Å²) in [6.45, 7) is 0.587. The van der Waals surface area contributed by atoms with Crippen molar-refractivity contribution in [2.75, 3.05) is 6.54 Å². The topological polar surface area (TPSA) is 74.0 Å². The van der Waals surface area contributed by atoms with Crippen LogP contribution in [0.5, 0.6) is 0 Å². The highest BCUT2D eigenvalue weighted by Gasteiger charge is 2.49. The van der Waals surface area contributed by atoms with Crippen LogP contribution in [0.4, 0.5) is 0 Å². The summed E-state index contributed by atoms with van der Waals surface area (Å²) in [5.74, 6) is -0.811. The standard InChI is InChI=1S/C5H7N3O2/c9-4(10)3-1-5(2-6-3)7-8-5/h3,6H,1-2H2,(H,9,10). The van der Waals surface area contributed by atoms with Gasteiger partial charge in [0.15, 0.2) is 0 Å². The SMILES string of the molecule is O=C(O)C1CC2(CN1)N=N2. The van der Waals surface area contributed by atoms with Crippen molar-refractivity contribution in [3.8, 4) is 0 Å². The van der Waals surface area contributed by atoms with Crippen LogP contribution in [0.1, 0.15) is 6.42 Å². The van der Waals surface area contributed by atoms with E-state index in [9.17, 15) is 4.79 Å². The number of nitrogens with one attached hydrogen (secondary N) is 1. The molecule has 5 nitrogen and oxygen atoms in total. The van der Waals surface area contributed by atoms with Crippen LogP contribution in [-0.2, 0) is 4.79 Å². The summed E-state index contributed by atoms with van der Waals surface area (Å²) in [5.41, 5.74) is -0.344. The second-order valence-electron chi connectivity index (χ2n) is 2.66. The summed E-state index contributed by atoms with van der Waals surface area (Å²) < 4.78 is 0. The lowest BCUT2D eigenvalue weighted by Gasteiger charge is -1.99. The Hall–Kier alpha value is -0.970. The molecule has 0 saturated carbocycles. The van der Waals surface area contributed by atoms with Crippen LogP contribution >= 0.6 is 0 Å². The average Bonchev–Trinajstić information content (AvgIpc) is 2.41. The zero-order chi connectivity index (χ0) is 7.19. The minimum absolute atomic E-state index is 0.344. The lowest BCUT2D eigenvalue weighted by Crippen LogP contribution is -2.29. The van der Waals surface area contributed by atoms with E-state index in [1.807, 2.05) is 0 Å². The molecule has 2 aliphatic heterocycles. The molecular formula is C5H7N3O2. The van der Waals surface area contributed by atoms with E-state index < -0.39 is 12.0 Å². The lowest BCUT2D eigenvalue weighted by molar-refractivity contribution is -0.139. The normalized spacial score (nSPS) is 33.0. The maximum absolute atomic E-state index is 10.4. The minimum Gasteiger partial charge on any atom is -0.480 e. The van der Waals surface area contributed by atoms with Crippen molar-refractivity contribution in [2.24, 2.45) is 10.2 Å². The van der Waals surface area contributed by atoms with Gasteiger partial charge in [-0.25, -0.2) is 0 Å². The summed E-state index contributed by atoms with van der Waals surface area (Å²) in [6.07, 6.45) is 0.516. The predicted molar refractivity (Wildman–Crippen MR) is 31.6 cm³/mol. The van der Waals surface area contributed by atoms with Crippen molar-refractivity contribution in [3.05, 3.63) is 0 Å². The summed E-state index contributed by atoms with van der Waals surface area (Å²) >= 11 is 0. The van der Waals surface area contributed by atoms with Gasteiger partial charge in [-0.15, -0.1) is 0 Å². The van der Waals surface area contributed by atoms with Crippen LogP contribution in [0.3, 0.4) is 0 Å². The van der Waals surface area contributed by atoms with Crippen molar-refractivity contribution in [3.63, 3.8) is 0 Å². The fourth-order valence-electron chi connectivity index (χ4n) is 1.16. The van der Waals surface area contributed by atoms with Gasteiger partial charge in [0.25, 0.3) is 0 Å². The van der Waals surface area contributed by atoms with E-state index in [1.165, 1.54) is 0 Å². The Morgan fingerprint density at radius 2 is 2.40 bits per heavy atom. The summed E-state index contributed by atoms with van der Waals surface area (Å²) in [4.78, 5) is 10.4. The molecule has 2 heterocycles. The molecule has 5 heteroatoms. The summed E-state index contributed by atoms with van der Waals surface area (Å²) in [7, 11) is 0. The molecule has 0 amide bonds. The Balaban J connectivity index is 2.00. The van der Waals surface area contributed by atoms with E-state index in [-0.39, 0.29) is 5.66 Å². The van der Waals surface area contributed by atoms with E-state index in [0.717, 1.165) is 0 Å². The quantitative estimate of drug-likeness (QED) is 0.521. The number of carbonyl (C=O) groups is 1. The van der Waals surface area contributed by atoms with E-state index in [4.69, 9.17) is 5.11 Å². The number of aliphatic carboxylic acids is 1. The van der Waals surface area contributed by atoms with Gasteiger partial charge in [-0.2, -0.15) is 10.2 Å². The molecule has 1 atom stereocenters. The van der Waals surface area contributed by atoms with Crippen LogP contribution in [0.25, 0.3) is 0 Å².